The third-order valence-electron chi connectivity index (χ3n) is 10.8. The van der Waals surface area contributed by atoms with Crippen LogP contribution in [0.5, 0.6) is 0 Å². The van der Waals surface area contributed by atoms with Crippen LogP contribution in [0.15, 0.2) is 109 Å². The van der Waals surface area contributed by atoms with Gasteiger partial charge in [-0.2, -0.15) is 0 Å². The molecule has 0 aromatic carbocycles. The fourth-order valence-electron chi connectivity index (χ4n) is 6.88. The molecule has 0 saturated heterocycles. The van der Waals surface area contributed by atoms with Gasteiger partial charge in [0.15, 0.2) is 6.10 Å². The molecule has 0 aromatic heterocycles. The molecule has 0 bridgehead atoms. The van der Waals surface area contributed by atoms with Gasteiger partial charge in [-0.3, -0.25) is 14.4 Å². The normalized spacial score (nSPS) is 13.0. The van der Waals surface area contributed by atoms with Crippen LogP contribution in [0, 0.1) is 0 Å². The van der Waals surface area contributed by atoms with Gasteiger partial charge in [-0.1, -0.05) is 220 Å². The van der Waals surface area contributed by atoms with Crippen LogP contribution in [0.4, 0.5) is 0 Å². The fraction of sp³-hybridized carbons (Fsp3) is 0.644. The summed E-state index contributed by atoms with van der Waals surface area (Å²) in [4.78, 5) is 37.7. The molecule has 0 saturated carbocycles. The van der Waals surface area contributed by atoms with E-state index in [1.807, 2.05) is 0 Å². The number of allylic oxidation sites excluding steroid dienone is 18. The molecule has 0 aliphatic carbocycles. The zero-order valence-corrected chi connectivity index (χ0v) is 42.0. The summed E-state index contributed by atoms with van der Waals surface area (Å²) in [7, 11) is 0. The van der Waals surface area contributed by atoms with E-state index in [1.54, 1.807) is 0 Å². The van der Waals surface area contributed by atoms with Gasteiger partial charge >= 0.3 is 17.9 Å². The van der Waals surface area contributed by atoms with E-state index in [0.29, 0.717) is 19.3 Å². The van der Waals surface area contributed by atoms with E-state index in [1.165, 1.54) is 64.2 Å². The SMILES string of the molecule is CC/C=C\C/C=C\C/C=C\C/C=C\C/C=C\CCCC(=O)OC(COC(=O)CCCCCCC)COC(=O)CCCCCCCCCCCCCC/C=C\C/C=C\C/C=C\C/C=C\CC. The first-order valence-corrected chi connectivity index (χ1v) is 26.4. The smallest absolute Gasteiger partial charge is 0.306 e. The van der Waals surface area contributed by atoms with Crippen molar-refractivity contribution in [3.8, 4) is 0 Å². The van der Waals surface area contributed by atoms with E-state index < -0.39 is 6.10 Å². The standard InChI is InChI=1S/C59H96O6/c1-4-7-10-13-15-17-19-21-23-25-26-27-28-29-30-31-32-34-35-37-39-41-43-46-49-52-58(61)64-55-56(54-63-57(60)51-48-45-12-9-6-3)65-59(62)53-50-47-44-42-40-38-36-33-24-22-20-18-16-14-11-8-5-2/h7-8,10-11,15-18,21-24,26-27,36,38,42,44,56H,4-6,9,12-14,19-20,25,28-35,37,39-41,43,45-55H2,1-3H3/b10-7-,11-8-,17-15-,18-16-,23-21-,24-22-,27-26-,38-36-,44-42-. The number of hydrogen-bond acceptors (Lipinski definition) is 6. The van der Waals surface area contributed by atoms with Gasteiger partial charge in [-0.05, 0) is 96.3 Å². The molecule has 0 amide bonds. The second-order valence-electron chi connectivity index (χ2n) is 17.0. The number of hydrogen-bond donors (Lipinski definition) is 0. The zero-order chi connectivity index (χ0) is 47.2. The molecule has 0 rings (SSSR count). The van der Waals surface area contributed by atoms with Crippen LogP contribution in [0.2, 0.25) is 0 Å². The third-order valence-corrected chi connectivity index (χ3v) is 10.8. The van der Waals surface area contributed by atoms with E-state index in [4.69, 9.17) is 14.2 Å². The highest BCUT2D eigenvalue weighted by molar-refractivity contribution is 5.71. The summed E-state index contributed by atoms with van der Waals surface area (Å²) < 4.78 is 16.6. The summed E-state index contributed by atoms with van der Waals surface area (Å²) in [6, 6.07) is 0. The van der Waals surface area contributed by atoms with Crippen molar-refractivity contribution < 1.29 is 28.6 Å². The summed E-state index contributed by atoms with van der Waals surface area (Å²) in [5.74, 6) is -0.982. The quantitative estimate of drug-likeness (QED) is 0.0262. The maximum Gasteiger partial charge on any atom is 0.306 e. The number of ether oxygens (including phenoxy) is 3. The molecule has 6 heteroatoms. The van der Waals surface area contributed by atoms with Crippen molar-refractivity contribution in [2.45, 2.75) is 232 Å². The van der Waals surface area contributed by atoms with Gasteiger partial charge in [0.25, 0.3) is 0 Å². The summed E-state index contributed by atoms with van der Waals surface area (Å²) >= 11 is 0. The Kier molecular flexibility index (Phi) is 49.5. The molecule has 0 spiro atoms. The molecule has 65 heavy (non-hydrogen) atoms. The Morgan fingerprint density at radius 3 is 0.985 bits per heavy atom. The van der Waals surface area contributed by atoms with E-state index in [0.717, 1.165) is 116 Å². The number of carbonyl (C=O) groups is 3. The molecule has 0 fully saturated rings. The molecule has 6 nitrogen and oxygen atoms in total. The van der Waals surface area contributed by atoms with E-state index in [9.17, 15) is 14.4 Å². The Labute approximate surface area is 400 Å². The number of esters is 3. The van der Waals surface area contributed by atoms with Crippen molar-refractivity contribution >= 4 is 17.9 Å². The minimum atomic E-state index is -0.805. The van der Waals surface area contributed by atoms with Gasteiger partial charge in [0.05, 0.1) is 0 Å². The van der Waals surface area contributed by atoms with Crippen LogP contribution < -0.4 is 0 Å². The van der Waals surface area contributed by atoms with Crippen molar-refractivity contribution in [3.05, 3.63) is 109 Å². The highest BCUT2D eigenvalue weighted by Gasteiger charge is 2.19. The molecule has 0 heterocycles. The number of carbonyl (C=O) groups excluding carboxylic acids is 3. The average molecular weight is 901 g/mol. The van der Waals surface area contributed by atoms with Crippen molar-refractivity contribution in [1.82, 2.24) is 0 Å². The number of unbranched alkanes of at least 4 members (excludes halogenated alkanes) is 17. The highest BCUT2D eigenvalue weighted by atomic mass is 16.6. The average Bonchev–Trinajstić information content (AvgIpc) is 3.30. The van der Waals surface area contributed by atoms with E-state index >= 15 is 0 Å². The minimum absolute atomic E-state index is 0.103. The molecule has 0 aliphatic rings. The summed E-state index contributed by atoms with van der Waals surface area (Å²) in [5, 5.41) is 0. The Morgan fingerprint density at radius 1 is 0.323 bits per heavy atom. The van der Waals surface area contributed by atoms with Gasteiger partial charge in [0.1, 0.15) is 13.2 Å². The molecule has 0 N–H and O–H groups in total. The molecule has 1 unspecified atom stereocenters. The Bertz CT molecular complexity index is 1360. The van der Waals surface area contributed by atoms with Crippen molar-refractivity contribution in [2.24, 2.45) is 0 Å². The molecule has 368 valence electrons. The molecule has 0 aromatic rings. The first-order valence-electron chi connectivity index (χ1n) is 26.4. The first kappa shape index (κ1) is 61.1. The van der Waals surface area contributed by atoms with Gasteiger partial charge in [0, 0.05) is 19.3 Å². The van der Waals surface area contributed by atoms with Crippen molar-refractivity contribution in [2.75, 3.05) is 13.2 Å². The third kappa shape index (κ3) is 50.9. The molecule has 0 aliphatic heterocycles. The lowest BCUT2D eigenvalue weighted by Gasteiger charge is -2.18. The summed E-state index contributed by atoms with van der Waals surface area (Å²) in [6.45, 7) is 6.27. The van der Waals surface area contributed by atoms with E-state index in [2.05, 4.69) is 130 Å². The van der Waals surface area contributed by atoms with Crippen LogP contribution in [0.25, 0.3) is 0 Å². The van der Waals surface area contributed by atoms with Crippen LogP contribution in [-0.4, -0.2) is 37.2 Å². The lowest BCUT2D eigenvalue weighted by molar-refractivity contribution is -0.167. The minimum Gasteiger partial charge on any atom is -0.462 e. The predicted octanol–water partition coefficient (Wildman–Crippen LogP) is 17.5. The lowest BCUT2D eigenvalue weighted by Crippen LogP contribution is -2.30. The van der Waals surface area contributed by atoms with Crippen LogP contribution in [0.1, 0.15) is 226 Å². The van der Waals surface area contributed by atoms with Crippen LogP contribution >= 0.6 is 0 Å². The van der Waals surface area contributed by atoms with Crippen LogP contribution in [-0.2, 0) is 28.6 Å². The van der Waals surface area contributed by atoms with Crippen LogP contribution in [0.3, 0.4) is 0 Å². The van der Waals surface area contributed by atoms with Crippen molar-refractivity contribution in [1.29, 1.82) is 0 Å². The summed E-state index contributed by atoms with van der Waals surface area (Å²) in [5.41, 5.74) is 0. The highest BCUT2D eigenvalue weighted by Crippen LogP contribution is 2.14. The fourth-order valence-corrected chi connectivity index (χ4v) is 6.88. The lowest BCUT2D eigenvalue weighted by atomic mass is 10.0. The molecular formula is C59H96O6. The van der Waals surface area contributed by atoms with Gasteiger partial charge in [0.2, 0.25) is 0 Å². The first-order chi connectivity index (χ1) is 32.0. The maximum absolute atomic E-state index is 12.7. The number of rotatable bonds is 46. The Hall–Kier alpha value is -3.93. The molecule has 0 radical (unpaired) electrons. The molecular weight excluding hydrogens is 805 g/mol. The summed E-state index contributed by atoms with van der Waals surface area (Å²) in [6.07, 6.45) is 71.3. The predicted molar refractivity (Wildman–Crippen MR) is 279 cm³/mol. The Balaban J connectivity index is 4.19. The monoisotopic (exact) mass is 901 g/mol. The second-order valence-corrected chi connectivity index (χ2v) is 17.0. The topological polar surface area (TPSA) is 78.9 Å². The maximum atomic E-state index is 12.7. The van der Waals surface area contributed by atoms with E-state index in [-0.39, 0.29) is 37.5 Å². The van der Waals surface area contributed by atoms with Gasteiger partial charge in [-0.25, -0.2) is 0 Å². The second kappa shape index (κ2) is 52.7. The zero-order valence-electron chi connectivity index (χ0n) is 42.0. The largest absolute Gasteiger partial charge is 0.462 e. The molecule has 1 atom stereocenters. The van der Waals surface area contributed by atoms with Crippen molar-refractivity contribution in [3.63, 3.8) is 0 Å². The Morgan fingerprint density at radius 2 is 0.615 bits per heavy atom. The van der Waals surface area contributed by atoms with Gasteiger partial charge in [-0.15, -0.1) is 0 Å². The van der Waals surface area contributed by atoms with Gasteiger partial charge < -0.3 is 14.2 Å².